The third kappa shape index (κ3) is 8.43. The van der Waals surface area contributed by atoms with Crippen LogP contribution < -0.4 is 0 Å². The number of carbonyl (C=O) groups excluding carboxylic acids is 1. The molecule has 0 aliphatic carbocycles. The molecule has 3 aromatic carbocycles. The van der Waals surface area contributed by atoms with Crippen molar-refractivity contribution in [1.82, 2.24) is 4.90 Å². The average molecular weight is 602 g/mol. The van der Waals surface area contributed by atoms with Crippen LogP contribution in [-0.4, -0.2) is 43.3 Å². The highest BCUT2D eigenvalue weighted by Crippen LogP contribution is 2.40. The molecule has 0 saturated heterocycles. The van der Waals surface area contributed by atoms with Gasteiger partial charge in [-0.3, -0.25) is 4.79 Å². The van der Waals surface area contributed by atoms with E-state index in [-0.39, 0.29) is 17.6 Å². The first-order valence-corrected chi connectivity index (χ1v) is 17.2. The van der Waals surface area contributed by atoms with Gasteiger partial charge in [0.05, 0.1) is 12.6 Å². The van der Waals surface area contributed by atoms with E-state index in [1.165, 1.54) is 28.8 Å². The molecule has 0 aliphatic heterocycles. The minimum absolute atomic E-state index is 0.0519. The van der Waals surface area contributed by atoms with Gasteiger partial charge in [0.15, 0.2) is 14.6 Å². The number of aldehydes is 1. The summed E-state index contributed by atoms with van der Waals surface area (Å²) in [6.45, 7) is 12.9. The molecule has 0 fully saturated rings. The van der Waals surface area contributed by atoms with Crippen molar-refractivity contribution in [3.63, 3.8) is 0 Å². The number of hydrogen-bond donors (Lipinski definition) is 1. The van der Waals surface area contributed by atoms with Crippen LogP contribution >= 0.6 is 23.4 Å². The summed E-state index contributed by atoms with van der Waals surface area (Å²) in [5.41, 5.74) is 2.13. The summed E-state index contributed by atoms with van der Waals surface area (Å²) in [6.07, 6.45) is -0.314. The molecule has 0 radical (unpaired) electrons. The van der Waals surface area contributed by atoms with Crippen LogP contribution in [0.25, 0.3) is 0 Å². The fraction of sp³-hybridized carbons (Fsp3) is 0.355. The average Bonchev–Trinajstić information content (AvgIpc) is 2.87. The van der Waals surface area contributed by atoms with Gasteiger partial charge in [-0.2, -0.15) is 0 Å². The van der Waals surface area contributed by atoms with Gasteiger partial charge >= 0.3 is 6.09 Å². The van der Waals surface area contributed by atoms with E-state index in [2.05, 4.69) is 33.9 Å². The first kappa shape index (κ1) is 31.9. The summed E-state index contributed by atoms with van der Waals surface area (Å²) >= 11 is 7.67. The van der Waals surface area contributed by atoms with E-state index < -0.39 is 26.3 Å². The molecule has 0 spiro atoms. The molecule has 5 nitrogen and oxygen atoms in total. The molecule has 0 aromatic heterocycles. The highest BCUT2D eigenvalue weighted by atomic mass is 35.5. The van der Waals surface area contributed by atoms with Crippen LogP contribution in [0.2, 0.25) is 23.2 Å². The number of rotatable bonds is 11. The van der Waals surface area contributed by atoms with Gasteiger partial charge in [0.1, 0.15) is 5.82 Å². The van der Waals surface area contributed by atoms with Gasteiger partial charge in [-0.15, -0.1) is 0 Å². The zero-order valence-corrected chi connectivity index (χ0v) is 26.4. The Hall–Kier alpha value is -2.65. The quantitative estimate of drug-likeness (QED) is 0.175. The zero-order chi connectivity index (χ0) is 29.7. The van der Waals surface area contributed by atoms with E-state index in [1.54, 1.807) is 12.1 Å². The SMILES string of the molecule is C[C@H](Cc1ccc(Sc2ccc(F)cc2C=O)cc1)N(C[C@H](O[Si](C)(C)C(C)(C)C)c1cccc(Cl)c1)C(=O)O. The zero-order valence-electron chi connectivity index (χ0n) is 23.8. The summed E-state index contributed by atoms with van der Waals surface area (Å²) in [4.78, 5) is 26.8. The summed E-state index contributed by atoms with van der Waals surface area (Å²) in [6, 6.07) is 19.0. The molecule has 214 valence electrons. The molecule has 3 rings (SSSR count). The molecular weight excluding hydrogens is 565 g/mol. The van der Waals surface area contributed by atoms with Gasteiger partial charge in [0.25, 0.3) is 0 Å². The van der Waals surface area contributed by atoms with Crippen molar-refractivity contribution in [2.45, 2.75) is 74.2 Å². The van der Waals surface area contributed by atoms with E-state index in [9.17, 15) is 19.1 Å². The fourth-order valence-corrected chi connectivity index (χ4v) is 6.41. The lowest BCUT2D eigenvalue weighted by Gasteiger charge is -2.41. The number of carboxylic acid groups (broad SMARTS) is 1. The highest BCUT2D eigenvalue weighted by molar-refractivity contribution is 7.99. The number of benzene rings is 3. The predicted molar refractivity (Wildman–Crippen MR) is 163 cm³/mol. The molecule has 3 aromatic rings. The Morgan fingerprint density at radius 3 is 2.38 bits per heavy atom. The van der Waals surface area contributed by atoms with Crippen LogP contribution in [-0.2, 0) is 10.8 Å². The summed E-state index contributed by atoms with van der Waals surface area (Å²) in [7, 11) is -2.23. The largest absolute Gasteiger partial charge is 0.465 e. The molecule has 9 heteroatoms. The predicted octanol–water partition coefficient (Wildman–Crippen LogP) is 9.12. The Labute approximate surface area is 246 Å². The number of nitrogens with zero attached hydrogens (tertiary/aromatic N) is 1. The molecule has 1 amide bonds. The van der Waals surface area contributed by atoms with Crippen molar-refractivity contribution >= 4 is 44.1 Å². The lowest BCUT2D eigenvalue weighted by Crippen LogP contribution is -2.47. The van der Waals surface area contributed by atoms with Crippen molar-refractivity contribution in [2.75, 3.05) is 6.54 Å². The summed E-state index contributed by atoms with van der Waals surface area (Å²) < 4.78 is 20.2. The number of halogens is 2. The van der Waals surface area contributed by atoms with E-state index in [1.807, 2.05) is 49.4 Å². The van der Waals surface area contributed by atoms with Crippen LogP contribution in [0.5, 0.6) is 0 Å². The standard InChI is InChI=1S/C31H37ClFNO4SSi/c1-21(16-22-10-13-27(14-11-22)39-29-15-12-26(33)18-24(29)20-35)34(30(36)37)19-28(23-8-7-9-25(32)17-23)38-40(5,6)31(2,3)4/h7-15,17-18,20-21,28H,16,19H2,1-6H3,(H,36,37)/t21-,28+/m1/s1. The number of hydrogen-bond acceptors (Lipinski definition) is 4. The van der Waals surface area contributed by atoms with Crippen LogP contribution in [0.1, 0.15) is 55.3 Å². The Bertz CT molecular complexity index is 1330. The van der Waals surface area contributed by atoms with Gasteiger partial charge in [0.2, 0.25) is 0 Å². The van der Waals surface area contributed by atoms with Crippen LogP contribution in [0.3, 0.4) is 0 Å². The van der Waals surface area contributed by atoms with Crippen LogP contribution in [0, 0.1) is 5.82 Å². The number of carbonyl (C=O) groups is 2. The van der Waals surface area contributed by atoms with Crippen molar-refractivity contribution in [1.29, 1.82) is 0 Å². The Morgan fingerprint density at radius 1 is 1.12 bits per heavy atom. The molecule has 40 heavy (non-hydrogen) atoms. The first-order chi connectivity index (χ1) is 18.7. The normalized spacial score (nSPS) is 13.5. The maximum atomic E-state index is 13.5. The Balaban J connectivity index is 1.78. The minimum Gasteiger partial charge on any atom is -0.465 e. The Morgan fingerprint density at radius 2 is 1.80 bits per heavy atom. The number of amides is 1. The van der Waals surface area contributed by atoms with Gasteiger partial charge in [-0.05, 0) is 85.1 Å². The fourth-order valence-electron chi connectivity index (χ4n) is 4.05. The lowest BCUT2D eigenvalue weighted by molar-refractivity contribution is 0.0843. The lowest BCUT2D eigenvalue weighted by atomic mass is 10.0. The minimum atomic E-state index is -2.23. The molecule has 0 saturated carbocycles. The molecule has 0 heterocycles. The van der Waals surface area contributed by atoms with Gasteiger partial charge in [-0.25, -0.2) is 9.18 Å². The topological polar surface area (TPSA) is 66.8 Å². The molecule has 0 aliphatic rings. The second-order valence-electron chi connectivity index (χ2n) is 11.5. The van der Waals surface area contributed by atoms with E-state index in [0.29, 0.717) is 28.2 Å². The van der Waals surface area contributed by atoms with Crippen molar-refractivity contribution in [2.24, 2.45) is 0 Å². The third-order valence-electron chi connectivity index (χ3n) is 7.38. The first-order valence-electron chi connectivity index (χ1n) is 13.1. The second kappa shape index (κ2) is 13.3. The third-order valence-corrected chi connectivity index (χ3v) is 13.2. The van der Waals surface area contributed by atoms with Crippen molar-refractivity contribution in [3.05, 3.63) is 94.3 Å². The van der Waals surface area contributed by atoms with E-state index >= 15 is 0 Å². The molecule has 0 bridgehead atoms. The molecule has 1 N–H and O–H groups in total. The Kier molecular flexibility index (Phi) is 10.6. The highest BCUT2D eigenvalue weighted by Gasteiger charge is 2.40. The van der Waals surface area contributed by atoms with Gasteiger partial charge < -0.3 is 14.4 Å². The van der Waals surface area contributed by atoms with Gasteiger partial charge in [0, 0.05) is 26.4 Å². The maximum Gasteiger partial charge on any atom is 0.407 e. The second-order valence-corrected chi connectivity index (χ2v) is 17.8. The van der Waals surface area contributed by atoms with E-state index in [0.717, 1.165) is 16.0 Å². The van der Waals surface area contributed by atoms with Crippen molar-refractivity contribution < 1.29 is 23.5 Å². The summed E-state index contributed by atoms with van der Waals surface area (Å²) in [5, 5.41) is 10.7. The summed E-state index contributed by atoms with van der Waals surface area (Å²) in [5.74, 6) is -0.453. The maximum absolute atomic E-state index is 13.5. The monoisotopic (exact) mass is 601 g/mol. The molecule has 0 unspecified atom stereocenters. The van der Waals surface area contributed by atoms with Crippen LogP contribution in [0.4, 0.5) is 9.18 Å². The molecule has 2 atom stereocenters. The molecular formula is C31H37ClFNO4SSi. The smallest absolute Gasteiger partial charge is 0.407 e. The van der Waals surface area contributed by atoms with E-state index in [4.69, 9.17) is 16.0 Å². The van der Waals surface area contributed by atoms with Crippen molar-refractivity contribution in [3.8, 4) is 0 Å². The van der Waals surface area contributed by atoms with Gasteiger partial charge in [-0.1, -0.05) is 68.4 Å². The van der Waals surface area contributed by atoms with Crippen LogP contribution in [0.15, 0.2) is 76.5 Å².